The Bertz CT molecular complexity index is 2180. The van der Waals surface area contributed by atoms with E-state index in [1.807, 2.05) is 18.2 Å². The minimum atomic E-state index is 0.0633. The molecule has 0 aliphatic heterocycles. The molecule has 0 atom stereocenters. The number of nitrogens with zero attached hydrogens (tertiary/aromatic N) is 4. The Balaban J connectivity index is 1.28. The number of hydrogen-bond donors (Lipinski definition) is 0. The number of carbonyl (C=O) groups is 2. The van der Waals surface area contributed by atoms with E-state index in [0.717, 1.165) is 28.2 Å². The van der Waals surface area contributed by atoms with Crippen LogP contribution in [-0.4, -0.2) is 27.9 Å². The molecule has 0 aliphatic rings. The van der Waals surface area contributed by atoms with Gasteiger partial charge in [-0.1, -0.05) is 90.1 Å². The van der Waals surface area contributed by atoms with Crippen molar-refractivity contribution in [1.82, 2.24) is 15.0 Å². The number of ether oxygens (including phenoxy) is 2. The molecule has 3 aromatic heterocycles. The minimum absolute atomic E-state index is 0.0633. The number of anilines is 3. The van der Waals surface area contributed by atoms with Crippen LogP contribution >= 0.6 is 0 Å². The molecular weight excluding hydrogens is 661 g/mol. The van der Waals surface area contributed by atoms with Crippen LogP contribution in [0.25, 0.3) is 34.9 Å². The van der Waals surface area contributed by atoms with Crippen LogP contribution in [0.2, 0.25) is 0 Å². The third-order valence-electron chi connectivity index (χ3n) is 8.81. The van der Waals surface area contributed by atoms with Crippen molar-refractivity contribution < 1.29 is 19.1 Å². The molecule has 0 amide bonds. The number of benzene rings is 3. The Hall–Kier alpha value is -6.41. The van der Waals surface area contributed by atoms with Gasteiger partial charge >= 0.3 is 0 Å². The average molecular weight is 703 g/mol. The Morgan fingerprint density at radius 1 is 0.491 bits per heavy atom. The lowest BCUT2D eigenvalue weighted by Gasteiger charge is -2.28. The van der Waals surface area contributed by atoms with Crippen LogP contribution in [0.3, 0.4) is 0 Å². The summed E-state index contributed by atoms with van der Waals surface area (Å²) in [5.74, 6) is 0.584. The zero-order chi connectivity index (χ0) is 37.6. The topological polar surface area (TPSA) is 94.5 Å². The van der Waals surface area contributed by atoms with Gasteiger partial charge in [-0.3, -0.25) is 19.6 Å². The van der Waals surface area contributed by atoms with Crippen molar-refractivity contribution >= 4 is 42.2 Å². The molecule has 0 N–H and O–H groups in total. The van der Waals surface area contributed by atoms with E-state index in [9.17, 15) is 9.59 Å². The molecular formula is C45H42N4O4. The molecule has 3 aromatic carbocycles. The van der Waals surface area contributed by atoms with Gasteiger partial charge in [0.25, 0.3) is 12.9 Å². The highest BCUT2D eigenvalue weighted by Gasteiger charge is 2.18. The van der Waals surface area contributed by atoms with Gasteiger partial charge in [0, 0.05) is 47.7 Å². The fraction of sp³-hybridized carbons (Fsp3) is 0.178. The third kappa shape index (κ3) is 8.91. The summed E-state index contributed by atoms with van der Waals surface area (Å²) in [4.78, 5) is 38.0. The Morgan fingerprint density at radius 3 is 1.43 bits per heavy atom. The van der Waals surface area contributed by atoms with Gasteiger partial charge in [-0.2, -0.15) is 0 Å². The van der Waals surface area contributed by atoms with Crippen molar-refractivity contribution in [3.05, 3.63) is 144 Å². The molecule has 6 aromatic rings. The van der Waals surface area contributed by atoms with Crippen LogP contribution in [-0.2, 0) is 20.4 Å². The van der Waals surface area contributed by atoms with Crippen molar-refractivity contribution in [1.29, 1.82) is 0 Å². The second-order valence-electron chi connectivity index (χ2n) is 14.7. The van der Waals surface area contributed by atoms with E-state index < -0.39 is 0 Å². The molecule has 8 nitrogen and oxygen atoms in total. The second-order valence-corrected chi connectivity index (χ2v) is 14.7. The van der Waals surface area contributed by atoms with E-state index in [4.69, 9.17) is 14.5 Å². The van der Waals surface area contributed by atoms with Crippen molar-refractivity contribution in [2.24, 2.45) is 0 Å². The van der Waals surface area contributed by atoms with Crippen molar-refractivity contribution in [3.8, 4) is 34.3 Å². The smallest absolute Gasteiger partial charge is 0.298 e. The molecule has 53 heavy (non-hydrogen) atoms. The summed E-state index contributed by atoms with van der Waals surface area (Å²) < 4.78 is 10.2. The first-order valence-electron chi connectivity index (χ1n) is 17.4. The fourth-order valence-electron chi connectivity index (χ4n) is 5.86. The highest BCUT2D eigenvalue weighted by atomic mass is 16.5. The zero-order valence-corrected chi connectivity index (χ0v) is 30.8. The van der Waals surface area contributed by atoms with E-state index in [1.54, 1.807) is 30.5 Å². The molecule has 8 heteroatoms. The van der Waals surface area contributed by atoms with Crippen LogP contribution in [0, 0.1) is 0 Å². The maximum absolute atomic E-state index is 11.2. The first kappa shape index (κ1) is 36.4. The molecule has 0 spiro atoms. The zero-order valence-electron chi connectivity index (χ0n) is 30.8. The van der Waals surface area contributed by atoms with Crippen molar-refractivity contribution in [2.75, 3.05) is 4.90 Å². The normalized spacial score (nSPS) is 11.7. The quantitative estimate of drug-likeness (QED) is 0.123. The predicted molar refractivity (Wildman–Crippen MR) is 212 cm³/mol. The molecule has 0 aliphatic carbocycles. The Kier molecular flexibility index (Phi) is 10.6. The van der Waals surface area contributed by atoms with E-state index >= 15 is 0 Å². The lowest BCUT2D eigenvalue weighted by atomic mass is 9.86. The van der Waals surface area contributed by atoms with Gasteiger partial charge in [0.2, 0.25) is 0 Å². The molecule has 0 bridgehead atoms. The fourth-order valence-corrected chi connectivity index (χ4v) is 5.86. The van der Waals surface area contributed by atoms with E-state index in [1.165, 1.54) is 17.3 Å². The molecule has 0 fully saturated rings. The van der Waals surface area contributed by atoms with E-state index in [0.29, 0.717) is 41.5 Å². The predicted octanol–water partition coefficient (Wildman–Crippen LogP) is 10.5. The first-order valence-corrected chi connectivity index (χ1v) is 17.4. The van der Waals surface area contributed by atoms with Crippen LogP contribution < -0.4 is 14.4 Å². The summed E-state index contributed by atoms with van der Waals surface area (Å²) in [6.07, 6.45) is 7.28. The molecule has 0 saturated heterocycles. The maximum Gasteiger partial charge on any atom is 0.298 e. The van der Waals surface area contributed by atoms with Gasteiger partial charge in [-0.25, -0.2) is 4.98 Å². The first-order chi connectivity index (χ1) is 25.4. The SMILES string of the molecule is CC(C)(C)c1ccc(N(c2ccc(/C=C/c3ccnc(-c4cc(OC=O)cc(-c5cc(OC=O)ccn5)n4)c3)cc2)c2ccc(C(C)(C)C)cc2)cc1. The minimum Gasteiger partial charge on any atom is -0.429 e. The average Bonchev–Trinajstić information content (AvgIpc) is 3.15. The van der Waals surface area contributed by atoms with Crippen molar-refractivity contribution in [3.63, 3.8) is 0 Å². The lowest BCUT2D eigenvalue weighted by Crippen LogP contribution is -2.14. The number of aromatic nitrogens is 3. The van der Waals surface area contributed by atoms with Gasteiger partial charge < -0.3 is 14.4 Å². The summed E-state index contributed by atoms with van der Waals surface area (Å²) >= 11 is 0. The molecule has 0 saturated carbocycles. The van der Waals surface area contributed by atoms with E-state index in [-0.39, 0.29) is 16.6 Å². The second kappa shape index (κ2) is 15.5. The Morgan fingerprint density at radius 2 is 0.925 bits per heavy atom. The number of carbonyl (C=O) groups excluding carboxylic acids is 2. The van der Waals surface area contributed by atoms with Gasteiger partial charge in [0.1, 0.15) is 11.5 Å². The summed E-state index contributed by atoms with van der Waals surface area (Å²) in [6, 6.07) is 36.3. The third-order valence-corrected chi connectivity index (χ3v) is 8.81. The lowest BCUT2D eigenvalue weighted by molar-refractivity contribution is -0.121. The van der Waals surface area contributed by atoms with Crippen LogP contribution in [0.4, 0.5) is 17.1 Å². The highest BCUT2D eigenvalue weighted by Crippen LogP contribution is 2.37. The van der Waals surface area contributed by atoms with Gasteiger partial charge in [0.05, 0.1) is 22.8 Å². The summed E-state index contributed by atoms with van der Waals surface area (Å²) in [6.45, 7) is 14.1. The molecule has 3 heterocycles. The Labute approximate surface area is 310 Å². The van der Waals surface area contributed by atoms with Gasteiger partial charge in [-0.05, 0) is 87.7 Å². The highest BCUT2D eigenvalue weighted by molar-refractivity contribution is 5.79. The van der Waals surface area contributed by atoms with Gasteiger partial charge in [0.15, 0.2) is 0 Å². The van der Waals surface area contributed by atoms with Crippen LogP contribution in [0.15, 0.2) is 122 Å². The molecule has 0 unspecified atom stereocenters. The van der Waals surface area contributed by atoms with E-state index in [2.05, 4.69) is 135 Å². The monoisotopic (exact) mass is 702 g/mol. The van der Waals surface area contributed by atoms with Gasteiger partial charge in [-0.15, -0.1) is 0 Å². The summed E-state index contributed by atoms with van der Waals surface area (Å²) in [5.41, 5.74) is 9.78. The standard InChI is InChI=1S/C45H42N4O4/c1-44(2,3)33-11-17-36(18-12-33)49(37-19-13-34(14-20-37)45(4,5)6)35-15-9-31(10-16-35)7-8-32-21-23-46-40(25-32)42-27-39(53-30-51)28-43(48-42)41-26-38(52-29-50)22-24-47-41/h7-30H,1-6H3/b8-7+. The number of hydrogen-bond acceptors (Lipinski definition) is 8. The van der Waals surface area contributed by atoms with Crippen LogP contribution in [0.5, 0.6) is 11.5 Å². The molecule has 0 radical (unpaired) electrons. The van der Waals surface area contributed by atoms with Crippen molar-refractivity contribution in [2.45, 2.75) is 52.4 Å². The maximum atomic E-state index is 11.2. The summed E-state index contributed by atoms with van der Waals surface area (Å²) in [5, 5.41) is 0. The van der Waals surface area contributed by atoms with Crippen LogP contribution in [0.1, 0.15) is 63.8 Å². The number of pyridine rings is 3. The largest absolute Gasteiger partial charge is 0.429 e. The molecule has 266 valence electrons. The number of rotatable bonds is 11. The summed E-state index contributed by atoms with van der Waals surface area (Å²) in [7, 11) is 0. The molecule has 6 rings (SSSR count).